The van der Waals surface area contributed by atoms with Gasteiger partial charge in [0, 0.05) is 18.6 Å². The van der Waals surface area contributed by atoms with Crippen molar-refractivity contribution in [2.75, 3.05) is 6.61 Å². The van der Waals surface area contributed by atoms with Crippen molar-refractivity contribution in [2.24, 2.45) is 0 Å². The number of rotatable bonds is 4. The van der Waals surface area contributed by atoms with E-state index in [0.29, 0.717) is 9.13 Å². The van der Waals surface area contributed by atoms with Crippen LogP contribution in [0, 0.1) is 15.2 Å². The molecule has 0 aliphatic carbocycles. The predicted molar refractivity (Wildman–Crippen MR) is 91.8 cm³/mol. The van der Waals surface area contributed by atoms with E-state index < -0.39 is 23.6 Å². The maximum atomic E-state index is 14.0. The number of esters is 2. The van der Waals surface area contributed by atoms with Crippen LogP contribution < -0.4 is 4.74 Å². The lowest BCUT2D eigenvalue weighted by Crippen LogP contribution is -2.12. The highest BCUT2D eigenvalue weighted by Crippen LogP contribution is 2.34. The van der Waals surface area contributed by atoms with Crippen LogP contribution in [0.1, 0.15) is 24.2 Å². The lowest BCUT2D eigenvalue weighted by Gasteiger charge is -2.13. The Morgan fingerprint density at radius 1 is 1.17 bits per heavy atom. The van der Waals surface area contributed by atoms with Gasteiger partial charge in [-0.2, -0.15) is 0 Å². The summed E-state index contributed by atoms with van der Waals surface area (Å²) in [5, 5.41) is 0. The average molecular weight is 446 g/mol. The number of halogens is 3. The number of carbonyl (C=O) groups excluding carboxylic acids is 2. The van der Waals surface area contributed by atoms with Crippen LogP contribution >= 0.6 is 22.6 Å². The quantitative estimate of drug-likeness (QED) is 0.399. The summed E-state index contributed by atoms with van der Waals surface area (Å²) in [6.07, 6.45) is 0. The molecule has 0 unspecified atom stereocenters. The second-order valence-electron chi connectivity index (χ2n) is 4.77. The van der Waals surface area contributed by atoms with Gasteiger partial charge in [0.2, 0.25) is 0 Å². The molecule has 0 N–H and O–H groups in total. The Hall–Kier alpha value is -2.03. The minimum Gasteiger partial charge on any atom is -0.462 e. The number of hydrogen-bond acceptors (Lipinski definition) is 4. The molecule has 0 amide bonds. The molecule has 2 rings (SSSR count). The van der Waals surface area contributed by atoms with Crippen molar-refractivity contribution in [1.29, 1.82) is 0 Å². The summed E-state index contributed by atoms with van der Waals surface area (Å²) < 4.78 is 37.6. The fraction of sp³-hybridized carbons (Fsp3) is 0.176. The first-order chi connectivity index (χ1) is 11.3. The smallest absolute Gasteiger partial charge is 0.341 e. The molecule has 126 valence electrons. The van der Waals surface area contributed by atoms with E-state index in [2.05, 4.69) is 0 Å². The van der Waals surface area contributed by atoms with E-state index >= 15 is 0 Å². The second-order valence-corrected chi connectivity index (χ2v) is 5.94. The van der Waals surface area contributed by atoms with E-state index in [0.717, 1.165) is 12.1 Å². The van der Waals surface area contributed by atoms with Crippen LogP contribution in [0.2, 0.25) is 0 Å². The van der Waals surface area contributed by atoms with Gasteiger partial charge in [-0.15, -0.1) is 0 Å². The molecule has 0 aliphatic rings. The highest BCUT2D eigenvalue weighted by molar-refractivity contribution is 14.1. The zero-order chi connectivity index (χ0) is 17.9. The lowest BCUT2D eigenvalue weighted by molar-refractivity contribution is -0.131. The first-order valence-corrected chi connectivity index (χ1v) is 8.05. The molecular formula is C17H13F2IO4. The van der Waals surface area contributed by atoms with E-state index in [9.17, 15) is 18.4 Å². The molecule has 2 aromatic carbocycles. The molecule has 0 aliphatic heterocycles. The molecule has 2 aromatic rings. The first kappa shape index (κ1) is 18.3. The Labute approximate surface area is 150 Å². The van der Waals surface area contributed by atoms with Crippen molar-refractivity contribution in [1.82, 2.24) is 0 Å². The zero-order valence-electron chi connectivity index (χ0n) is 12.9. The van der Waals surface area contributed by atoms with Gasteiger partial charge in [-0.05, 0) is 59.3 Å². The molecule has 4 nitrogen and oxygen atoms in total. The fourth-order valence-electron chi connectivity index (χ4n) is 2.08. The molecule has 0 spiro atoms. The topological polar surface area (TPSA) is 52.6 Å². The molecule has 0 radical (unpaired) electrons. The maximum Gasteiger partial charge on any atom is 0.341 e. The van der Waals surface area contributed by atoms with Crippen molar-refractivity contribution in [3.8, 4) is 16.9 Å². The summed E-state index contributed by atoms with van der Waals surface area (Å²) in [5.41, 5.74) is 0.461. The summed E-state index contributed by atoms with van der Waals surface area (Å²) >= 11 is 1.87. The van der Waals surface area contributed by atoms with Gasteiger partial charge in [0.05, 0.1) is 10.2 Å². The molecule has 24 heavy (non-hydrogen) atoms. The van der Waals surface area contributed by atoms with Crippen molar-refractivity contribution in [2.45, 2.75) is 13.8 Å². The van der Waals surface area contributed by atoms with E-state index in [1.54, 1.807) is 6.92 Å². The molecule has 0 aromatic heterocycles. The lowest BCUT2D eigenvalue weighted by atomic mass is 10.0. The Morgan fingerprint density at radius 3 is 2.46 bits per heavy atom. The molecule has 0 fully saturated rings. The van der Waals surface area contributed by atoms with E-state index in [1.807, 2.05) is 22.6 Å². The molecule has 0 saturated carbocycles. The van der Waals surface area contributed by atoms with Gasteiger partial charge in [-0.25, -0.2) is 13.6 Å². The minimum absolute atomic E-state index is 0.00215. The fourth-order valence-corrected chi connectivity index (χ4v) is 2.82. The Balaban J connectivity index is 2.63. The van der Waals surface area contributed by atoms with Crippen LogP contribution in [-0.2, 0) is 9.53 Å². The third-order valence-electron chi connectivity index (χ3n) is 3.03. The van der Waals surface area contributed by atoms with Gasteiger partial charge in [0.15, 0.2) is 5.75 Å². The first-order valence-electron chi connectivity index (χ1n) is 6.98. The summed E-state index contributed by atoms with van der Waals surface area (Å²) in [4.78, 5) is 23.4. The summed E-state index contributed by atoms with van der Waals surface area (Å²) in [7, 11) is 0. The standard InChI is InChI=1S/C17H13F2IO4/c1-3-23-17(22)13-6-10(7-15(20)16(13)24-9(2)21)12-5-4-11(18)8-14(12)19/h4-8H,3H2,1-2H3. The third-order valence-corrected chi connectivity index (χ3v) is 3.83. The second kappa shape index (κ2) is 7.69. The van der Waals surface area contributed by atoms with Crippen molar-refractivity contribution in [3.05, 3.63) is 51.1 Å². The molecule has 7 heteroatoms. The maximum absolute atomic E-state index is 14.0. The third kappa shape index (κ3) is 4.08. The van der Waals surface area contributed by atoms with Crippen LogP contribution in [-0.4, -0.2) is 18.5 Å². The predicted octanol–water partition coefficient (Wildman–Crippen LogP) is 4.34. The Kier molecular flexibility index (Phi) is 5.87. The average Bonchev–Trinajstić information content (AvgIpc) is 2.49. The normalized spacial score (nSPS) is 10.4. The Bertz CT molecular complexity index is 805. The van der Waals surface area contributed by atoms with Gasteiger partial charge in [-0.3, -0.25) is 4.79 Å². The Morgan fingerprint density at radius 2 is 1.88 bits per heavy atom. The van der Waals surface area contributed by atoms with E-state index in [-0.39, 0.29) is 23.5 Å². The SMILES string of the molecule is CCOC(=O)c1cc(-c2ccc(F)cc2F)cc(I)c1OC(C)=O. The van der Waals surface area contributed by atoms with Crippen molar-refractivity contribution in [3.63, 3.8) is 0 Å². The highest BCUT2D eigenvalue weighted by atomic mass is 127. The van der Waals surface area contributed by atoms with Crippen LogP contribution in [0.4, 0.5) is 8.78 Å². The van der Waals surface area contributed by atoms with E-state index in [1.165, 1.54) is 25.1 Å². The largest absolute Gasteiger partial charge is 0.462 e. The number of benzene rings is 2. The van der Waals surface area contributed by atoms with Crippen LogP contribution in [0.3, 0.4) is 0 Å². The molecule has 0 heterocycles. The monoisotopic (exact) mass is 446 g/mol. The van der Waals surface area contributed by atoms with Crippen LogP contribution in [0.25, 0.3) is 11.1 Å². The van der Waals surface area contributed by atoms with Crippen LogP contribution in [0.15, 0.2) is 30.3 Å². The molecule has 0 bridgehead atoms. The number of carbonyl (C=O) groups is 2. The molecule has 0 atom stereocenters. The zero-order valence-corrected chi connectivity index (χ0v) is 15.0. The summed E-state index contributed by atoms with van der Waals surface area (Å²) in [6.45, 7) is 2.97. The summed E-state index contributed by atoms with van der Waals surface area (Å²) in [6, 6.07) is 6.05. The van der Waals surface area contributed by atoms with Gasteiger partial charge in [0.25, 0.3) is 0 Å². The number of ether oxygens (including phenoxy) is 2. The molecular weight excluding hydrogens is 433 g/mol. The molecule has 0 saturated heterocycles. The summed E-state index contributed by atoms with van der Waals surface area (Å²) in [5.74, 6) is -2.71. The van der Waals surface area contributed by atoms with Crippen molar-refractivity contribution < 1.29 is 27.8 Å². The van der Waals surface area contributed by atoms with Crippen LogP contribution in [0.5, 0.6) is 5.75 Å². The van der Waals surface area contributed by atoms with Gasteiger partial charge >= 0.3 is 11.9 Å². The minimum atomic E-state index is -0.763. The van der Waals surface area contributed by atoms with E-state index in [4.69, 9.17) is 9.47 Å². The number of hydrogen-bond donors (Lipinski definition) is 0. The van der Waals surface area contributed by atoms with Crippen molar-refractivity contribution >= 4 is 34.5 Å². The van der Waals surface area contributed by atoms with Gasteiger partial charge < -0.3 is 9.47 Å². The van der Waals surface area contributed by atoms with Gasteiger partial charge in [0.1, 0.15) is 17.2 Å². The van der Waals surface area contributed by atoms with Gasteiger partial charge in [-0.1, -0.05) is 0 Å². The highest BCUT2D eigenvalue weighted by Gasteiger charge is 2.21.